The third kappa shape index (κ3) is 5.47. The van der Waals surface area contributed by atoms with E-state index in [1.165, 1.54) is 12.4 Å². The van der Waals surface area contributed by atoms with E-state index in [0.29, 0.717) is 25.6 Å². The Morgan fingerprint density at radius 2 is 2.31 bits per heavy atom. The van der Waals surface area contributed by atoms with Gasteiger partial charge < -0.3 is 19.9 Å². The normalized spacial score (nSPS) is 10.7. The third-order valence-electron chi connectivity index (χ3n) is 1.91. The minimum atomic E-state index is -0.161. The SMILES string of the molecule is CN(C)CCOCCNc1cc(=O)[nH]cn1. The first-order chi connectivity index (χ1) is 7.68. The fourth-order valence-electron chi connectivity index (χ4n) is 1.07. The van der Waals surface area contributed by atoms with Crippen molar-refractivity contribution in [2.45, 2.75) is 0 Å². The van der Waals surface area contributed by atoms with Crippen molar-refractivity contribution in [2.24, 2.45) is 0 Å². The number of rotatable bonds is 7. The molecule has 6 heteroatoms. The zero-order valence-electron chi connectivity index (χ0n) is 9.69. The van der Waals surface area contributed by atoms with Gasteiger partial charge in [-0.15, -0.1) is 0 Å². The second-order valence-corrected chi connectivity index (χ2v) is 3.64. The average Bonchev–Trinajstić information content (AvgIpc) is 2.23. The summed E-state index contributed by atoms with van der Waals surface area (Å²) in [6.07, 6.45) is 1.37. The second-order valence-electron chi connectivity index (χ2n) is 3.64. The van der Waals surface area contributed by atoms with Gasteiger partial charge in [0.05, 0.1) is 19.5 Å². The molecule has 0 aliphatic carbocycles. The fourth-order valence-corrected chi connectivity index (χ4v) is 1.07. The van der Waals surface area contributed by atoms with Crippen molar-refractivity contribution in [2.75, 3.05) is 45.7 Å². The summed E-state index contributed by atoms with van der Waals surface area (Å²) in [6.45, 7) is 2.85. The quantitative estimate of drug-likeness (QED) is 0.628. The molecule has 0 unspecified atom stereocenters. The number of ether oxygens (including phenoxy) is 1. The lowest BCUT2D eigenvalue weighted by molar-refractivity contribution is 0.126. The van der Waals surface area contributed by atoms with E-state index in [4.69, 9.17) is 4.74 Å². The predicted octanol–water partition coefficient (Wildman–Crippen LogP) is -0.240. The molecule has 0 saturated carbocycles. The molecule has 1 rings (SSSR count). The number of nitrogens with zero attached hydrogens (tertiary/aromatic N) is 2. The molecule has 1 aromatic rings. The van der Waals surface area contributed by atoms with E-state index in [0.717, 1.165) is 6.54 Å². The van der Waals surface area contributed by atoms with Crippen molar-refractivity contribution in [1.82, 2.24) is 14.9 Å². The Balaban J connectivity index is 2.09. The highest BCUT2D eigenvalue weighted by atomic mass is 16.5. The van der Waals surface area contributed by atoms with Gasteiger partial charge in [0.2, 0.25) is 0 Å². The van der Waals surface area contributed by atoms with Gasteiger partial charge in [-0.05, 0) is 14.1 Å². The van der Waals surface area contributed by atoms with E-state index >= 15 is 0 Å². The molecular weight excluding hydrogens is 208 g/mol. The van der Waals surface area contributed by atoms with Gasteiger partial charge in [0.25, 0.3) is 5.56 Å². The van der Waals surface area contributed by atoms with E-state index in [2.05, 4.69) is 20.2 Å². The number of aromatic amines is 1. The van der Waals surface area contributed by atoms with Gasteiger partial charge in [0, 0.05) is 19.2 Å². The smallest absolute Gasteiger partial charge is 0.252 e. The van der Waals surface area contributed by atoms with Gasteiger partial charge in [-0.1, -0.05) is 0 Å². The summed E-state index contributed by atoms with van der Waals surface area (Å²) in [7, 11) is 4.00. The fraction of sp³-hybridized carbons (Fsp3) is 0.600. The minimum absolute atomic E-state index is 0.161. The van der Waals surface area contributed by atoms with Crippen molar-refractivity contribution in [3.05, 3.63) is 22.7 Å². The maximum atomic E-state index is 10.9. The van der Waals surface area contributed by atoms with Gasteiger partial charge >= 0.3 is 0 Å². The van der Waals surface area contributed by atoms with Gasteiger partial charge in [-0.25, -0.2) is 4.98 Å². The van der Waals surface area contributed by atoms with Crippen molar-refractivity contribution in [1.29, 1.82) is 0 Å². The van der Waals surface area contributed by atoms with Crippen molar-refractivity contribution in [3.63, 3.8) is 0 Å². The Labute approximate surface area is 94.6 Å². The first-order valence-corrected chi connectivity index (χ1v) is 5.19. The van der Waals surface area contributed by atoms with Crippen LogP contribution in [0, 0.1) is 0 Å². The molecular formula is C10H18N4O2. The largest absolute Gasteiger partial charge is 0.378 e. The lowest BCUT2D eigenvalue weighted by Crippen LogP contribution is -2.20. The first-order valence-electron chi connectivity index (χ1n) is 5.19. The lowest BCUT2D eigenvalue weighted by Gasteiger charge is -2.10. The van der Waals surface area contributed by atoms with E-state index in [9.17, 15) is 4.79 Å². The monoisotopic (exact) mass is 226 g/mol. The molecule has 0 aliphatic heterocycles. The number of aromatic nitrogens is 2. The summed E-state index contributed by atoms with van der Waals surface area (Å²) < 4.78 is 5.38. The lowest BCUT2D eigenvalue weighted by atomic mass is 10.5. The van der Waals surface area contributed by atoms with Crippen molar-refractivity contribution < 1.29 is 4.74 Å². The Hall–Kier alpha value is -1.40. The number of H-pyrrole nitrogens is 1. The number of hydrogen-bond acceptors (Lipinski definition) is 5. The second kappa shape index (κ2) is 6.97. The van der Waals surface area contributed by atoms with Gasteiger partial charge in [0.1, 0.15) is 5.82 Å². The van der Waals surface area contributed by atoms with Crippen LogP contribution < -0.4 is 10.9 Å². The summed E-state index contributed by atoms with van der Waals surface area (Å²) in [6, 6.07) is 1.42. The molecule has 1 heterocycles. The maximum absolute atomic E-state index is 10.9. The van der Waals surface area contributed by atoms with Crippen molar-refractivity contribution in [3.8, 4) is 0 Å². The highest BCUT2D eigenvalue weighted by Gasteiger charge is 1.94. The molecule has 0 aromatic carbocycles. The van der Waals surface area contributed by atoms with E-state index < -0.39 is 0 Å². The molecule has 0 radical (unpaired) electrons. The van der Waals surface area contributed by atoms with Crippen LogP contribution in [0.3, 0.4) is 0 Å². The highest BCUT2D eigenvalue weighted by molar-refractivity contribution is 5.31. The zero-order valence-corrected chi connectivity index (χ0v) is 9.69. The number of likely N-dealkylation sites (N-methyl/N-ethyl adjacent to an activating group) is 1. The van der Waals surface area contributed by atoms with Crippen LogP contribution in [-0.2, 0) is 4.74 Å². The molecule has 0 amide bonds. The standard InChI is InChI=1S/C10H18N4O2/c1-14(2)4-6-16-5-3-11-9-7-10(15)13-8-12-9/h7-8H,3-6H2,1-2H3,(H2,11,12,13,15). The van der Waals surface area contributed by atoms with Crippen molar-refractivity contribution >= 4 is 5.82 Å². The molecule has 0 atom stereocenters. The summed E-state index contributed by atoms with van der Waals surface area (Å²) in [5.74, 6) is 0.569. The number of nitrogens with one attached hydrogen (secondary N) is 2. The molecule has 6 nitrogen and oxygen atoms in total. The maximum Gasteiger partial charge on any atom is 0.252 e. The molecule has 0 bridgehead atoms. The molecule has 0 aliphatic rings. The molecule has 0 fully saturated rings. The highest BCUT2D eigenvalue weighted by Crippen LogP contribution is 1.93. The van der Waals surface area contributed by atoms with E-state index in [1.54, 1.807) is 0 Å². The topological polar surface area (TPSA) is 70.2 Å². The van der Waals surface area contributed by atoms with Crippen LogP contribution in [0.5, 0.6) is 0 Å². The van der Waals surface area contributed by atoms with E-state index in [1.807, 2.05) is 14.1 Å². The minimum Gasteiger partial charge on any atom is -0.378 e. The van der Waals surface area contributed by atoms with Crippen LogP contribution in [0.15, 0.2) is 17.2 Å². The Kier molecular flexibility index (Phi) is 5.52. The Morgan fingerprint density at radius 3 is 3.00 bits per heavy atom. The van der Waals surface area contributed by atoms with Gasteiger partial charge in [0.15, 0.2) is 0 Å². The van der Waals surface area contributed by atoms with Crippen LogP contribution in [0.25, 0.3) is 0 Å². The van der Waals surface area contributed by atoms with Crippen LogP contribution in [0.1, 0.15) is 0 Å². The first kappa shape index (κ1) is 12.7. The van der Waals surface area contributed by atoms with Crippen LogP contribution in [-0.4, -0.2) is 55.3 Å². The third-order valence-corrected chi connectivity index (χ3v) is 1.91. The predicted molar refractivity (Wildman–Crippen MR) is 62.7 cm³/mol. The van der Waals surface area contributed by atoms with Gasteiger partial charge in [-0.2, -0.15) is 0 Å². The Bertz CT molecular complexity index is 351. The summed E-state index contributed by atoms with van der Waals surface area (Å²) in [4.78, 5) is 19.4. The Morgan fingerprint density at radius 1 is 1.50 bits per heavy atom. The van der Waals surface area contributed by atoms with Gasteiger partial charge in [-0.3, -0.25) is 4.79 Å². The average molecular weight is 226 g/mol. The van der Waals surface area contributed by atoms with Crippen LogP contribution in [0.2, 0.25) is 0 Å². The molecule has 2 N–H and O–H groups in total. The summed E-state index contributed by atoms with van der Waals surface area (Å²) in [5, 5.41) is 3.00. The molecule has 1 aromatic heterocycles. The molecule has 0 saturated heterocycles. The number of hydrogen-bond donors (Lipinski definition) is 2. The molecule has 16 heavy (non-hydrogen) atoms. The number of anilines is 1. The van der Waals surface area contributed by atoms with Crippen LogP contribution in [0.4, 0.5) is 5.82 Å². The summed E-state index contributed by atoms with van der Waals surface area (Å²) >= 11 is 0. The zero-order chi connectivity index (χ0) is 11.8. The van der Waals surface area contributed by atoms with E-state index in [-0.39, 0.29) is 5.56 Å². The molecule has 90 valence electrons. The summed E-state index contributed by atoms with van der Waals surface area (Å²) in [5.41, 5.74) is -0.161. The van der Waals surface area contributed by atoms with Crippen LogP contribution >= 0.6 is 0 Å². The molecule has 0 spiro atoms.